The summed E-state index contributed by atoms with van der Waals surface area (Å²) < 4.78 is 5.03. The summed E-state index contributed by atoms with van der Waals surface area (Å²) in [7, 11) is 0. The van der Waals surface area contributed by atoms with E-state index in [9.17, 15) is 0 Å². The number of para-hydroxylation sites is 2. The fourth-order valence-electron chi connectivity index (χ4n) is 10.3. The van der Waals surface area contributed by atoms with E-state index in [1.807, 2.05) is 11.3 Å². The molecule has 13 rings (SSSR count). The van der Waals surface area contributed by atoms with Crippen LogP contribution in [0.5, 0.6) is 0 Å². The molecule has 0 bridgehead atoms. The quantitative estimate of drug-likeness (QED) is 0.173. The van der Waals surface area contributed by atoms with Crippen LogP contribution in [0.1, 0.15) is 25.0 Å². The molecule has 0 saturated carbocycles. The van der Waals surface area contributed by atoms with Gasteiger partial charge in [0.2, 0.25) is 0 Å². The third-order valence-electron chi connectivity index (χ3n) is 13.4. The monoisotopic (exact) mass is 821 g/mol. The van der Waals surface area contributed by atoms with Gasteiger partial charge in [-0.1, -0.05) is 153 Å². The van der Waals surface area contributed by atoms with Gasteiger partial charge in [-0.3, -0.25) is 0 Å². The lowest BCUT2D eigenvalue weighted by atomic mass is 9.81. The van der Waals surface area contributed by atoms with Crippen LogP contribution in [0.25, 0.3) is 115 Å². The van der Waals surface area contributed by atoms with Crippen LogP contribution in [0, 0.1) is 0 Å². The van der Waals surface area contributed by atoms with Gasteiger partial charge in [0.05, 0.1) is 22.2 Å². The number of aromatic nitrogens is 3. The van der Waals surface area contributed by atoms with E-state index in [-0.39, 0.29) is 5.41 Å². The van der Waals surface area contributed by atoms with Crippen LogP contribution >= 0.6 is 11.3 Å². The van der Waals surface area contributed by atoms with Gasteiger partial charge in [-0.25, -0.2) is 9.97 Å². The van der Waals surface area contributed by atoms with Gasteiger partial charge in [0.15, 0.2) is 5.82 Å². The van der Waals surface area contributed by atoms with Crippen LogP contribution in [0.2, 0.25) is 0 Å². The highest BCUT2D eigenvalue weighted by molar-refractivity contribution is 7.26. The van der Waals surface area contributed by atoms with Crippen molar-refractivity contribution in [3.8, 4) is 61.7 Å². The molecule has 0 N–H and O–H groups in total. The Morgan fingerprint density at radius 2 is 1.10 bits per heavy atom. The van der Waals surface area contributed by atoms with Gasteiger partial charge in [-0.15, -0.1) is 11.3 Å². The molecule has 1 aliphatic rings. The third kappa shape index (κ3) is 5.51. The van der Waals surface area contributed by atoms with Crippen LogP contribution in [0.3, 0.4) is 0 Å². The van der Waals surface area contributed by atoms with E-state index in [1.165, 1.54) is 75.4 Å². The van der Waals surface area contributed by atoms with Gasteiger partial charge in [0.25, 0.3) is 0 Å². The van der Waals surface area contributed by atoms with Gasteiger partial charge in [-0.05, 0) is 105 Å². The fourth-order valence-corrected chi connectivity index (χ4v) is 11.5. The van der Waals surface area contributed by atoms with Gasteiger partial charge < -0.3 is 4.57 Å². The summed E-state index contributed by atoms with van der Waals surface area (Å²) in [6.07, 6.45) is 0. The molecule has 1 aliphatic carbocycles. The fraction of sp³-hybridized carbons (Fsp3) is 0.0508. The van der Waals surface area contributed by atoms with Crippen molar-refractivity contribution in [2.45, 2.75) is 19.3 Å². The Balaban J connectivity index is 0.918. The zero-order valence-corrected chi connectivity index (χ0v) is 35.6. The number of nitrogens with zero attached hydrogens (tertiary/aromatic N) is 3. The summed E-state index contributed by atoms with van der Waals surface area (Å²) in [5.41, 5.74) is 17.4. The van der Waals surface area contributed by atoms with Crippen molar-refractivity contribution in [2.24, 2.45) is 0 Å². The number of benzene rings is 9. The molecule has 0 saturated heterocycles. The summed E-state index contributed by atoms with van der Waals surface area (Å²) in [4.78, 5) is 10.7. The zero-order valence-electron chi connectivity index (χ0n) is 34.8. The lowest BCUT2D eigenvalue weighted by Crippen LogP contribution is -2.15. The van der Waals surface area contributed by atoms with E-state index in [0.717, 1.165) is 50.4 Å². The van der Waals surface area contributed by atoms with Crippen molar-refractivity contribution in [1.29, 1.82) is 0 Å². The van der Waals surface area contributed by atoms with Crippen molar-refractivity contribution in [1.82, 2.24) is 14.5 Å². The maximum atomic E-state index is 5.41. The van der Waals surface area contributed by atoms with Gasteiger partial charge in [0.1, 0.15) is 0 Å². The average molecular weight is 822 g/mol. The highest BCUT2D eigenvalue weighted by Gasteiger charge is 2.36. The Morgan fingerprint density at radius 1 is 0.413 bits per heavy atom. The number of thiophene rings is 1. The number of rotatable bonds is 5. The first-order valence-corrected chi connectivity index (χ1v) is 22.5. The molecular formula is C59H39N3S. The van der Waals surface area contributed by atoms with Gasteiger partial charge in [-0.2, -0.15) is 0 Å². The minimum Gasteiger partial charge on any atom is -0.309 e. The first-order chi connectivity index (χ1) is 31.0. The van der Waals surface area contributed by atoms with Crippen LogP contribution in [0.15, 0.2) is 200 Å². The molecule has 3 heterocycles. The number of fused-ring (bicyclic) bond motifs is 10. The summed E-state index contributed by atoms with van der Waals surface area (Å²) in [6, 6.07) is 72.8. The lowest BCUT2D eigenvalue weighted by molar-refractivity contribution is 0.660. The van der Waals surface area contributed by atoms with Crippen molar-refractivity contribution in [2.75, 3.05) is 0 Å². The highest BCUT2D eigenvalue weighted by Crippen LogP contribution is 2.51. The Bertz CT molecular complexity index is 3820. The molecule has 4 heteroatoms. The maximum Gasteiger partial charge on any atom is 0.160 e. The lowest BCUT2D eigenvalue weighted by Gasteiger charge is -2.22. The molecule has 0 atom stereocenters. The standard InChI is InChI=1S/C59H39N3S/c1-59(2)50-29-25-39(42-20-13-21-46-45-19-10-12-23-55(45)63-57(42)46)34-47(50)43-28-24-40(35-51(43)59)58-60-52-30-26-37(33-49(52)56(61-58)36-14-5-3-6-15-36)38-27-31-54-48(32-38)44-18-9-11-22-53(44)62(54)41-16-7-4-8-17-41/h3-35H,1-2H3. The Labute approximate surface area is 369 Å². The minimum atomic E-state index is -0.189. The van der Waals surface area contributed by atoms with E-state index in [0.29, 0.717) is 0 Å². The topological polar surface area (TPSA) is 30.7 Å². The van der Waals surface area contributed by atoms with E-state index >= 15 is 0 Å². The molecular weight excluding hydrogens is 783 g/mol. The zero-order chi connectivity index (χ0) is 41.8. The Hall–Kier alpha value is -7.66. The van der Waals surface area contributed by atoms with Crippen molar-refractivity contribution < 1.29 is 0 Å². The first kappa shape index (κ1) is 36.0. The first-order valence-electron chi connectivity index (χ1n) is 21.6. The molecule has 0 aliphatic heterocycles. The molecule has 12 aromatic rings. The van der Waals surface area contributed by atoms with Crippen LogP contribution in [-0.4, -0.2) is 14.5 Å². The summed E-state index contributed by atoms with van der Waals surface area (Å²) in [6.45, 7) is 4.70. The number of hydrogen-bond acceptors (Lipinski definition) is 3. The Morgan fingerprint density at radius 3 is 1.95 bits per heavy atom. The van der Waals surface area contributed by atoms with E-state index in [2.05, 4.69) is 219 Å². The second kappa shape index (κ2) is 13.7. The molecule has 0 radical (unpaired) electrons. The summed E-state index contributed by atoms with van der Waals surface area (Å²) in [5, 5.41) is 6.15. The van der Waals surface area contributed by atoms with Crippen LogP contribution in [-0.2, 0) is 5.41 Å². The molecule has 3 nitrogen and oxygen atoms in total. The molecule has 0 fully saturated rings. The van der Waals surface area contributed by atoms with Crippen LogP contribution < -0.4 is 0 Å². The van der Waals surface area contributed by atoms with Gasteiger partial charge in [0, 0.05) is 58.6 Å². The minimum absolute atomic E-state index is 0.189. The predicted octanol–water partition coefficient (Wildman–Crippen LogP) is 16.1. The second-order valence-corrected chi connectivity index (χ2v) is 18.4. The molecule has 0 amide bonds. The molecule has 0 unspecified atom stereocenters. The SMILES string of the molecule is CC1(C)c2ccc(-c3cccc4c3sc3ccccc34)cc2-c2ccc(-c3nc(-c4ccccc4)c4cc(-c5ccc6c(c5)c5ccccc5n6-c5ccccc5)ccc4n3)cc21. The molecule has 9 aromatic carbocycles. The predicted molar refractivity (Wildman–Crippen MR) is 266 cm³/mol. The smallest absolute Gasteiger partial charge is 0.160 e. The summed E-state index contributed by atoms with van der Waals surface area (Å²) in [5.74, 6) is 0.732. The van der Waals surface area contributed by atoms with Crippen molar-refractivity contribution in [3.63, 3.8) is 0 Å². The van der Waals surface area contributed by atoms with Gasteiger partial charge >= 0.3 is 0 Å². The molecule has 296 valence electrons. The van der Waals surface area contributed by atoms with E-state index < -0.39 is 0 Å². The molecule has 3 aromatic heterocycles. The van der Waals surface area contributed by atoms with Crippen LogP contribution in [0.4, 0.5) is 0 Å². The molecule has 63 heavy (non-hydrogen) atoms. The highest BCUT2D eigenvalue weighted by atomic mass is 32.1. The van der Waals surface area contributed by atoms with Crippen molar-refractivity contribution >= 4 is 64.2 Å². The molecule has 0 spiro atoms. The second-order valence-electron chi connectivity index (χ2n) is 17.3. The number of hydrogen-bond donors (Lipinski definition) is 0. The largest absolute Gasteiger partial charge is 0.309 e. The average Bonchev–Trinajstić information content (AvgIpc) is 3.96. The van der Waals surface area contributed by atoms with Crippen molar-refractivity contribution in [3.05, 3.63) is 211 Å². The van der Waals surface area contributed by atoms with E-state index in [4.69, 9.17) is 9.97 Å². The Kier molecular flexibility index (Phi) is 7.82. The third-order valence-corrected chi connectivity index (χ3v) is 14.6. The normalized spacial score (nSPS) is 13.0. The maximum absolute atomic E-state index is 5.41. The summed E-state index contributed by atoms with van der Waals surface area (Å²) >= 11 is 1.89. The van der Waals surface area contributed by atoms with E-state index in [1.54, 1.807) is 0 Å².